The van der Waals surface area contributed by atoms with E-state index in [2.05, 4.69) is 17.7 Å². The first-order chi connectivity index (χ1) is 6.72. The smallest absolute Gasteiger partial charge is 0.0706 e. The van der Waals surface area contributed by atoms with Crippen LogP contribution in [0.3, 0.4) is 0 Å². The molecule has 0 atom stereocenters. The van der Waals surface area contributed by atoms with Crippen LogP contribution in [0, 0.1) is 6.92 Å². The highest BCUT2D eigenvalue weighted by Gasteiger charge is 2.03. The minimum absolute atomic E-state index is 0.714. The summed E-state index contributed by atoms with van der Waals surface area (Å²) in [7, 11) is 0. The van der Waals surface area contributed by atoms with Gasteiger partial charge < -0.3 is 5.73 Å². The molecule has 1 aromatic carbocycles. The molecule has 0 radical (unpaired) electrons. The van der Waals surface area contributed by atoms with Gasteiger partial charge in [-0.25, -0.2) is 0 Å². The van der Waals surface area contributed by atoms with Gasteiger partial charge in [0.25, 0.3) is 0 Å². The minimum atomic E-state index is 0.714. The second-order valence-corrected chi connectivity index (χ2v) is 3.38. The van der Waals surface area contributed by atoms with Crippen molar-refractivity contribution < 1.29 is 0 Å². The Kier molecular flexibility index (Phi) is 2.00. The van der Waals surface area contributed by atoms with Crippen molar-refractivity contribution in [3.8, 4) is 0 Å². The summed E-state index contributed by atoms with van der Waals surface area (Å²) in [5.74, 6) is 0. The summed E-state index contributed by atoms with van der Waals surface area (Å²) in [5.41, 5.74) is 8.81. The molecule has 0 unspecified atom stereocenters. The van der Waals surface area contributed by atoms with Crippen molar-refractivity contribution in [1.29, 1.82) is 0 Å². The number of aromatic nitrogens is 2. The van der Waals surface area contributed by atoms with Crippen molar-refractivity contribution in [2.24, 2.45) is 0 Å². The van der Waals surface area contributed by atoms with Gasteiger partial charge in [-0.2, -0.15) is 5.10 Å². The van der Waals surface area contributed by atoms with Crippen molar-refractivity contribution in [2.45, 2.75) is 13.5 Å². The molecular formula is C11H13N3. The maximum atomic E-state index is 5.84. The molecule has 0 aliphatic heterocycles. The fourth-order valence-corrected chi connectivity index (χ4v) is 1.52. The molecule has 2 rings (SSSR count). The Labute approximate surface area is 82.8 Å². The molecule has 72 valence electrons. The van der Waals surface area contributed by atoms with Crippen LogP contribution in [0.4, 0.5) is 5.69 Å². The summed E-state index contributed by atoms with van der Waals surface area (Å²) in [5, 5.41) is 5.38. The number of anilines is 1. The summed E-state index contributed by atoms with van der Waals surface area (Å²) < 4.78 is 1.89. The van der Waals surface area contributed by atoms with E-state index in [1.807, 2.05) is 29.9 Å². The van der Waals surface area contributed by atoms with Crippen molar-refractivity contribution in [3.63, 3.8) is 0 Å². The van der Waals surface area contributed by atoms with Gasteiger partial charge in [0.15, 0.2) is 0 Å². The molecule has 0 saturated heterocycles. The van der Waals surface area contributed by atoms with Crippen LogP contribution in [-0.2, 0) is 6.54 Å². The van der Waals surface area contributed by atoms with E-state index in [1.165, 1.54) is 0 Å². The highest BCUT2D eigenvalue weighted by molar-refractivity contribution is 5.83. The first-order valence-electron chi connectivity index (χ1n) is 4.55. The van der Waals surface area contributed by atoms with Crippen LogP contribution in [0.15, 0.2) is 31.0 Å². The third kappa shape index (κ3) is 1.27. The lowest BCUT2D eigenvalue weighted by Crippen LogP contribution is -1.97. The van der Waals surface area contributed by atoms with E-state index in [4.69, 9.17) is 5.73 Å². The number of benzene rings is 1. The highest BCUT2D eigenvalue weighted by atomic mass is 15.3. The molecule has 2 N–H and O–H groups in total. The Hall–Kier alpha value is -1.77. The molecular weight excluding hydrogens is 174 g/mol. The molecule has 0 bridgehead atoms. The SMILES string of the molecule is C=CCn1ncc2cc(C)c(N)cc21. The quantitative estimate of drug-likeness (QED) is 0.578. The van der Waals surface area contributed by atoms with Crippen molar-refractivity contribution in [2.75, 3.05) is 5.73 Å². The molecule has 0 spiro atoms. The maximum Gasteiger partial charge on any atom is 0.0706 e. The Morgan fingerprint density at radius 1 is 1.57 bits per heavy atom. The lowest BCUT2D eigenvalue weighted by molar-refractivity contribution is 0.729. The van der Waals surface area contributed by atoms with E-state index in [0.717, 1.165) is 22.2 Å². The number of allylic oxidation sites excluding steroid dienone is 1. The van der Waals surface area contributed by atoms with E-state index in [1.54, 1.807) is 0 Å². The van der Waals surface area contributed by atoms with E-state index >= 15 is 0 Å². The second-order valence-electron chi connectivity index (χ2n) is 3.38. The number of rotatable bonds is 2. The fraction of sp³-hybridized carbons (Fsp3) is 0.182. The molecule has 2 aromatic rings. The first-order valence-corrected chi connectivity index (χ1v) is 4.55. The molecule has 3 nitrogen and oxygen atoms in total. The van der Waals surface area contributed by atoms with Gasteiger partial charge in [-0.05, 0) is 24.6 Å². The van der Waals surface area contributed by atoms with Crippen molar-refractivity contribution in [1.82, 2.24) is 9.78 Å². The van der Waals surface area contributed by atoms with Crippen molar-refractivity contribution >= 4 is 16.6 Å². The monoisotopic (exact) mass is 187 g/mol. The van der Waals surface area contributed by atoms with Crippen LogP contribution in [0.25, 0.3) is 10.9 Å². The molecule has 14 heavy (non-hydrogen) atoms. The van der Waals surface area contributed by atoms with Gasteiger partial charge in [0.1, 0.15) is 0 Å². The number of nitrogens with two attached hydrogens (primary N) is 1. The van der Waals surface area contributed by atoms with Gasteiger partial charge in [-0.15, -0.1) is 6.58 Å². The largest absolute Gasteiger partial charge is 0.398 e. The Balaban J connectivity index is 2.67. The van der Waals surface area contributed by atoms with Crippen LogP contribution in [0.1, 0.15) is 5.56 Å². The predicted molar refractivity (Wildman–Crippen MR) is 59.1 cm³/mol. The third-order valence-corrected chi connectivity index (χ3v) is 2.33. The molecule has 3 heteroatoms. The van der Waals surface area contributed by atoms with Crippen LogP contribution >= 0.6 is 0 Å². The first kappa shape index (κ1) is 8.81. The highest BCUT2D eigenvalue weighted by Crippen LogP contribution is 2.20. The van der Waals surface area contributed by atoms with Crippen LogP contribution < -0.4 is 5.73 Å². The zero-order chi connectivity index (χ0) is 10.1. The molecule has 1 aromatic heterocycles. The molecule has 0 aliphatic rings. The van der Waals surface area contributed by atoms with Crippen LogP contribution in [0.2, 0.25) is 0 Å². The lowest BCUT2D eigenvalue weighted by Gasteiger charge is -2.02. The zero-order valence-corrected chi connectivity index (χ0v) is 8.20. The van der Waals surface area contributed by atoms with Crippen LogP contribution in [-0.4, -0.2) is 9.78 Å². The number of hydrogen-bond donors (Lipinski definition) is 1. The van der Waals surface area contributed by atoms with Gasteiger partial charge in [-0.1, -0.05) is 6.08 Å². The fourth-order valence-electron chi connectivity index (χ4n) is 1.52. The normalized spacial score (nSPS) is 10.6. The molecule has 0 fully saturated rings. The van der Waals surface area contributed by atoms with Gasteiger partial charge in [0, 0.05) is 11.1 Å². The molecule has 1 heterocycles. The number of fused-ring (bicyclic) bond motifs is 1. The van der Waals surface area contributed by atoms with E-state index < -0.39 is 0 Å². The summed E-state index contributed by atoms with van der Waals surface area (Å²) in [6.45, 7) is 6.40. The number of nitrogen functional groups attached to an aromatic ring is 1. The number of hydrogen-bond acceptors (Lipinski definition) is 2. The van der Waals surface area contributed by atoms with Gasteiger partial charge in [0.05, 0.1) is 18.3 Å². The standard InChI is InChI=1S/C11H13N3/c1-3-4-14-11-6-10(12)8(2)5-9(11)7-13-14/h3,5-7H,1,4,12H2,2H3. The predicted octanol–water partition coefficient (Wildman–Crippen LogP) is 2.11. The van der Waals surface area contributed by atoms with Crippen molar-refractivity contribution in [3.05, 3.63) is 36.5 Å². The molecule has 0 aliphatic carbocycles. The maximum absolute atomic E-state index is 5.84. The Morgan fingerprint density at radius 3 is 3.07 bits per heavy atom. The summed E-state index contributed by atoms with van der Waals surface area (Å²) in [6, 6.07) is 4.01. The molecule has 0 saturated carbocycles. The summed E-state index contributed by atoms with van der Waals surface area (Å²) >= 11 is 0. The summed E-state index contributed by atoms with van der Waals surface area (Å²) in [6.07, 6.45) is 3.67. The topological polar surface area (TPSA) is 43.8 Å². The van der Waals surface area contributed by atoms with E-state index in [0.29, 0.717) is 6.54 Å². The van der Waals surface area contributed by atoms with Gasteiger partial charge >= 0.3 is 0 Å². The minimum Gasteiger partial charge on any atom is -0.398 e. The average molecular weight is 187 g/mol. The number of nitrogens with zero attached hydrogens (tertiary/aromatic N) is 2. The van der Waals surface area contributed by atoms with Gasteiger partial charge in [0.2, 0.25) is 0 Å². The third-order valence-electron chi connectivity index (χ3n) is 2.33. The average Bonchev–Trinajstić information content (AvgIpc) is 2.51. The summed E-state index contributed by atoms with van der Waals surface area (Å²) in [4.78, 5) is 0. The van der Waals surface area contributed by atoms with Gasteiger partial charge in [-0.3, -0.25) is 4.68 Å². The van der Waals surface area contributed by atoms with Crippen LogP contribution in [0.5, 0.6) is 0 Å². The lowest BCUT2D eigenvalue weighted by atomic mass is 10.1. The second kappa shape index (κ2) is 3.18. The molecule has 0 amide bonds. The zero-order valence-electron chi connectivity index (χ0n) is 8.20. The Bertz CT molecular complexity index is 482. The van der Waals surface area contributed by atoms with E-state index in [-0.39, 0.29) is 0 Å². The Morgan fingerprint density at radius 2 is 2.36 bits per heavy atom. The number of aryl methyl sites for hydroxylation is 1. The van der Waals surface area contributed by atoms with E-state index in [9.17, 15) is 0 Å².